The molecule has 0 radical (unpaired) electrons. The number of anilines is 3. The number of para-hydroxylation sites is 1. The zero-order chi connectivity index (χ0) is 22.2. The summed E-state index contributed by atoms with van der Waals surface area (Å²) in [5.41, 5.74) is 7.22. The number of nitrogens with zero attached hydrogens (tertiary/aromatic N) is 2. The lowest BCUT2D eigenvalue weighted by Gasteiger charge is -2.20. The number of carbonyl (C=O) groups is 3. The Bertz CT molecular complexity index is 979. The van der Waals surface area contributed by atoms with Gasteiger partial charge in [0.2, 0.25) is 5.91 Å². The molecule has 1 aliphatic rings. The highest BCUT2D eigenvalue weighted by Crippen LogP contribution is 2.25. The van der Waals surface area contributed by atoms with Crippen LogP contribution in [-0.2, 0) is 19.1 Å². The van der Waals surface area contributed by atoms with Gasteiger partial charge in [0, 0.05) is 24.9 Å². The van der Waals surface area contributed by atoms with Crippen LogP contribution < -0.4 is 21.4 Å². The third-order valence-corrected chi connectivity index (χ3v) is 4.41. The Hall–Kier alpha value is -3.92. The Kier molecular flexibility index (Phi) is 7.17. The molecule has 1 unspecified atom stereocenters. The first-order chi connectivity index (χ1) is 15.0. The van der Waals surface area contributed by atoms with Gasteiger partial charge in [0.1, 0.15) is 18.4 Å². The SMILES string of the molecule is COCCOC(=O)Nc1cccc(NC(=O)C2=NN(c3ccccc3)C(C(N)=O)C2)c1. The van der Waals surface area contributed by atoms with E-state index in [1.807, 2.05) is 6.07 Å². The van der Waals surface area contributed by atoms with Gasteiger partial charge in [0.15, 0.2) is 0 Å². The number of amides is 3. The van der Waals surface area contributed by atoms with Crippen molar-refractivity contribution in [2.45, 2.75) is 12.5 Å². The van der Waals surface area contributed by atoms with Crippen LogP contribution in [0.25, 0.3) is 0 Å². The van der Waals surface area contributed by atoms with E-state index in [0.717, 1.165) is 0 Å². The molecule has 0 spiro atoms. The number of ether oxygens (including phenoxy) is 2. The van der Waals surface area contributed by atoms with Crippen molar-refractivity contribution in [2.75, 3.05) is 36.0 Å². The van der Waals surface area contributed by atoms with Crippen molar-refractivity contribution >= 4 is 40.7 Å². The first kappa shape index (κ1) is 21.8. The number of hydrogen-bond acceptors (Lipinski definition) is 7. The number of nitrogens with two attached hydrogens (primary N) is 1. The lowest BCUT2D eigenvalue weighted by Crippen LogP contribution is -2.39. The first-order valence-corrected chi connectivity index (χ1v) is 9.53. The Morgan fingerprint density at radius 3 is 2.45 bits per heavy atom. The van der Waals surface area contributed by atoms with Crippen LogP contribution in [0.5, 0.6) is 0 Å². The summed E-state index contributed by atoms with van der Waals surface area (Å²) in [4.78, 5) is 36.3. The second-order valence-electron chi connectivity index (χ2n) is 6.64. The quantitative estimate of drug-likeness (QED) is 0.553. The fourth-order valence-corrected chi connectivity index (χ4v) is 2.94. The average Bonchev–Trinajstić information content (AvgIpc) is 3.21. The predicted molar refractivity (Wildman–Crippen MR) is 116 cm³/mol. The maximum atomic E-state index is 12.7. The fourth-order valence-electron chi connectivity index (χ4n) is 2.94. The molecule has 2 aromatic rings. The maximum Gasteiger partial charge on any atom is 0.411 e. The van der Waals surface area contributed by atoms with Crippen molar-refractivity contribution in [3.8, 4) is 0 Å². The number of benzene rings is 2. The second-order valence-corrected chi connectivity index (χ2v) is 6.64. The summed E-state index contributed by atoms with van der Waals surface area (Å²) < 4.78 is 9.76. The Morgan fingerprint density at radius 2 is 1.77 bits per heavy atom. The van der Waals surface area contributed by atoms with E-state index in [0.29, 0.717) is 17.1 Å². The summed E-state index contributed by atoms with van der Waals surface area (Å²) >= 11 is 0. The molecule has 10 nitrogen and oxygen atoms in total. The molecule has 0 saturated carbocycles. The number of rotatable bonds is 8. The van der Waals surface area contributed by atoms with Crippen molar-refractivity contribution < 1.29 is 23.9 Å². The third kappa shape index (κ3) is 5.80. The minimum Gasteiger partial charge on any atom is -0.447 e. The summed E-state index contributed by atoms with van der Waals surface area (Å²) in [6, 6.07) is 14.8. The van der Waals surface area contributed by atoms with Gasteiger partial charge in [0.25, 0.3) is 5.91 Å². The van der Waals surface area contributed by atoms with Crippen molar-refractivity contribution in [1.29, 1.82) is 0 Å². The van der Waals surface area contributed by atoms with E-state index in [-0.39, 0.29) is 25.3 Å². The van der Waals surface area contributed by atoms with E-state index in [9.17, 15) is 14.4 Å². The van der Waals surface area contributed by atoms with E-state index < -0.39 is 23.9 Å². The predicted octanol–water partition coefficient (Wildman–Crippen LogP) is 1.94. The van der Waals surface area contributed by atoms with Crippen LogP contribution in [-0.4, -0.2) is 50.0 Å². The van der Waals surface area contributed by atoms with E-state index in [2.05, 4.69) is 15.7 Å². The molecule has 31 heavy (non-hydrogen) atoms. The summed E-state index contributed by atoms with van der Waals surface area (Å²) in [6.07, 6.45) is -0.552. The van der Waals surface area contributed by atoms with Crippen LogP contribution in [0.2, 0.25) is 0 Å². The number of hydrogen-bond donors (Lipinski definition) is 3. The van der Waals surface area contributed by atoms with Crippen molar-refractivity contribution in [3.05, 3.63) is 54.6 Å². The second kappa shape index (κ2) is 10.2. The van der Waals surface area contributed by atoms with Crippen LogP contribution in [0.4, 0.5) is 21.9 Å². The minimum absolute atomic E-state index is 0.0832. The van der Waals surface area contributed by atoms with Crippen molar-refractivity contribution in [1.82, 2.24) is 0 Å². The summed E-state index contributed by atoms with van der Waals surface area (Å²) in [5.74, 6) is -1.04. The lowest BCUT2D eigenvalue weighted by molar-refractivity contribution is -0.119. The van der Waals surface area contributed by atoms with Gasteiger partial charge < -0.3 is 20.5 Å². The molecule has 162 valence electrons. The number of hydrazone groups is 1. The average molecular weight is 425 g/mol. The zero-order valence-corrected chi connectivity index (χ0v) is 16.9. The number of nitrogens with one attached hydrogen (secondary N) is 2. The van der Waals surface area contributed by atoms with Crippen LogP contribution in [0, 0.1) is 0 Å². The molecular weight excluding hydrogens is 402 g/mol. The lowest BCUT2D eigenvalue weighted by atomic mass is 10.1. The summed E-state index contributed by atoms with van der Waals surface area (Å²) in [6.45, 7) is 0.412. The van der Waals surface area contributed by atoms with Gasteiger partial charge in [-0.15, -0.1) is 0 Å². The van der Waals surface area contributed by atoms with Crippen LogP contribution >= 0.6 is 0 Å². The van der Waals surface area contributed by atoms with Gasteiger partial charge in [-0.25, -0.2) is 4.79 Å². The smallest absolute Gasteiger partial charge is 0.411 e. The molecular formula is C21H23N5O5. The fraction of sp³-hybridized carbons (Fsp3) is 0.238. The van der Waals surface area contributed by atoms with Crippen LogP contribution in [0.1, 0.15) is 6.42 Å². The third-order valence-electron chi connectivity index (χ3n) is 4.41. The first-order valence-electron chi connectivity index (χ1n) is 9.53. The summed E-state index contributed by atoms with van der Waals surface area (Å²) in [5, 5.41) is 11.0. The molecule has 10 heteroatoms. The Morgan fingerprint density at radius 1 is 1.06 bits per heavy atom. The molecule has 2 aromatic carbocycles. The Labute approximate surface area is 179 Å². The molecule has 0 bridgehead atoms. The molecule has 0 aromatic heterocycles. The van der Waals surface area contributed by atoms with Crippen molar-refractivity contribution in [2.24, 2.45) is 10.8 Å². The van der Waals surface area contributed by atoms with E-state index in [1.54, 1.807) is 48.5 Å². The summed E-state index contributed by atoms with van der Waals surface area (Å²) in [7, 11) is 1.51. The number of primary amides is 1. The highest BCUT2D eigenvalue weighted by Gasteiger charge is 2.34. The van der Waals surface area contributed by atoms with E-state index >= 15 is 0 Å². The van der Waals surface area contributed by atoms with E-state index in [4.69, 9.17) is 15.2 Å². The highest BCUT2D eigenvalue weighted by molar-refractivity contribution is 6.44. The normalized spacial score (nSPS) is 15.2. The topological polar surface area (TPSA) is 135 Å². The van der Waals surface area contributed by atoms with Crippen molar-refractivity contribution in [3.63, 3.8) is 0 Å². The van der Waals surface area contributed by atoms with Gasteiger partial charge in [-0.3, -0.25) is 19.9 Å². The number of carbonyl (C=O) groups excluding carboxylic acids is 3. The van der Waals surface area contributed by atoms with E-state index in [1.165, 1.54) is 12.1 Å². The minimum atomic E-state index is -0.752. The zero-order valence-electron chi connectivity index (χ0n) is 16.9. The van der Waals surface area contributed by atoms with Crippen LogP contribution in [0.3, 0.4) is 0 Å². The molecule has 4 N–H and O–H groups in total. The van der Waals surface area contributed by atoms with Gasteiger partial charge in [0.05, 0.1) is 12.3 Å². The maximum absolute atomic E-state index is 12.7. The molecule has 1 atom stereocenters. The molecule has 3 amide bonds. The largest absolute Gasteiger partial charge is 0.447 e. The van der Waals surface area contributed by atoms with Gasteiger partial charge in [-0.2, -0.15) is 5.10 Å². The van der Waals surface area contributed by atoms with Crippen LogP contribution in [0.15, 0.2) is 59.7 Å². The standard InChI is InChI=1S/C21H23N5O5/c1-30-10-11-31-21(29)24-15-7-5-6-14(12-15)23-20(28)17-13-18(19(22)27)26(25-17)16-8-3-2-4-9-16/h2-9,12,18H,10-11,13H2,1H3,(H2,22,27)(H,23,28)(H,24,29). The van der Waals surface area contributed by atoms with Gasteiger partial charge >= 0.3 is 6.09 Å². The molecule has 0 saturated heterocycles. The van der Waals surface area contributed by atoms with Gasteiger partial charge in [-0.05, 0) is 30.3 Å². The Balaban J connectivity index is 1.67. The molecule has 1 heterocycles. The highest BCUT2D eigenvalue weighted by atomic mass is 16.6. The number of methoxy groups -OCH3 is 1. The molecule has 0 fully saturated rings. The molecule has 3 rings (SSSR count). The monoisotopic (exact) mass is 425 g/mol. The molecule has 1 aliphatic heterocycles. The van der Waals surface area contributed by atoms with Gasteiger partial charge in [-0.1, -0.05) is 24.3 Å². The molecule has 0 aliphatic carbocycles.